The second-order valence-corrected chi connectivity index (χ2v) is 9.39. The number of carboxylic acid groups (broad SMARTS) is 1. The summed E-state index contributed by atoms with van der Waals surface area (Å²) in [5.41, 5.74) is 18.2. The van der Waals surface area contributed by atoms with E-state index in [1.54, 1.807) is 0 Å². The fourth-order valence-corrected chi connectivity index (χ4v) is 3.92. The van der Waals surface area contributed by atoms with Gasteiger partial charge in [0, 0.05) is 24.7 Å². The van der Waals surface area contributed by atoms with E-state index in [4.69, 9.17) is 17.2 Å². The zero-order chi connectivity index (χ0) is 29.5. The number of imidazole rings is 1. The molecule has 1 aromatic carbocycles. The van der Waals surface area contributed by atoms with Crippen LogP contribution in [0.3, 0.4) is 0 Å². The van der Waals surface area contributed by atoms with E-state index in [1.165, 1.54) is 12.5 Å². The molecule has 11 N–H and O–H groups in total. The van der Waals surface area contributed by atoms with Gasteiger partial charge in [-0.1, -0.05) is 30.3 Å². The second kappa shape index (κ2) is 16.6. The Morgan fingerprint density at radius 1 is 0.875 bits per heavy atom. The minimum Gasteiger partial charge on any atom is -0.480 e. The highest BCUT2D eigenvalue weighted by atomic mass is 16.4. The quantitative estimate of drug-likeness (QED) is 0.0985. The van der Waals surface area contributed by atoms with Gasteiger partial charge in [0.05, 0.1) is 12.4 Å². The molecule has 0 bridgehead atoms. The number of aliphatic carboxylic acids is 1. The number of rotatable bonds is 18. The van der Waals surface area contributed by atoms with Crippen molar-refractivity contribution < 1.29 is 29.1 Å². The number of nitrogens with zero attached hydrogens (tertiary/aromatic N) is 1. The average Bonchev–Trinajstić information content (AvgIpc) is 3.43. The Hall–Kier alpha value is -4.30. The van der Waals surface area contributed by atoms with E-state index in [-0.39, 0.29) is 32.1 Å². The summed E-state index contributed by atoms with van der Waals surface area (Å²) in [6.45, 7) is 0.358. The maximum atomic E-state index is 13.4. The molecule has 14 nitrogen and oxygen atoms in total. The molecular weight excluding hydrogens is 520 g/mol. The molecule has 0 aliphatic rings. The van der Waals surface area contributed by atoms with Crippen molar-refractivity contribution in [2.75, 3.05) is 6.54 Å². The number of carbonyl (C=O) groups excluding carboxylic acids is 4. The first-order valence-corrected chi connectivity index (χ1v) is 13.0. The summed E-state index contributed by atoms with van der Waals surface area (Å²) in [7, 11) is 0. The number of primary amides is 1. The Labute approximate surface area is 231 Å². The van der Waals surface area contributed by atoms with Gasteiger partial charge in [0.2, 0.25) is 23.6 Å². The predicted octanol–water partition coefficient (Wildman–Crippen LogP) is -1.54. The largest absolute Gasteiger partial charge is 0.480 e. The normalized spacial score (nSPS) is 13.8. The third kappa shape index (κ3) is 11.2. The van der Waals surface area contributed by atoms with Crippen molar-refractivity contribution >= 4 is 29.6 Å². The highest BCUT2D eigenvalue weighted by Crippen LogP contribution is 2.08. The summed E-state index contributed by atoms with van der Waals surface area (Å²) in [5.74, 6) is -4.05. The number of H-pyrrole nitrogens is 1. The number of benzene rings is 1. The smallest absolute Gasteiger partial charge is 0.326 e. The minimum atomic E-state index is -1.38. The molecule has 4 atom stereocenters. The zero-order valence-electron chi connectivity index (χ0n) is 22.2. The zero-order valence-corrected chi connectivity index (χ0v) is 22.2. The van der Waals surface area contributed by atoms with Crippen LogP contribution in [0, 0.1) is 0 Å². The van der Waals surface area contributed by atoms with Gasteiger partial charge >= 0.3 is 5.97 Å². The van der Waals surface area contributed by atoms with E-state index in [2.05, 4.69) is 25.9 Å². The molecule has 4 unspecified atom stereocenters. The maximum Gasteiger partial charge on any atom is 0.326 e. The Kier molecular flexibility index (Phi) is 13.3. The van der Waals surface area contributed by atoms with E-state index in [0.717, 1.165) is 5.56 Å². The molecule has 0 saturated carbocycles. The van der Waals surface area contributed by atoms with Crippen molar-refractivity contribution in [1.29, 1.82) is 0 Å². The SMILES string of the molecule is NCCCCC(NC(=O)C(Cc1cnc[nH]1)NC(=O)C(N)Cc1ccccc1)C(=O)NC(CCC(N)=O)C(=O)O. The summed E-state index contributed by atoms with van der Waals surface area (Å²) >= 11 is 0. The number of hydrogen-bond donors (Lipinski definition) is 8. The number of amides is 4. The molecule has 0 aliphatic heterocycles. The molecule has 40 heavy (non-hydrogen) atoms. The summed E-state index contributed by atoms with van der Waals surface area (Å²) in [4.78, 5) is 68.9. The first kappa shape index (κ1) is 31.9. The molecule has 4 amide bonds. The van der Waals surface area contributed by atoms with Gasteiger partial charge in [-0.25, -0.2) is 9.78 Å². The highest BCUT2D eigenvalue weighted by molar-refractivity contribution is 5.94. The Morgan fingerprint density at radius 2 is 1.52 bits per heavy atom. The molecule has 1 heterocycles. The lowest BCUT2D eigenvalue weighted by molar-refractivity contribution is -0.142. The van der Waals surface area contributed by atoms with Gasteiger partial charge in [0.25, 0.3) is 0 Å². The van der Waals surface area contributed by atoms with Crippen molar-refractivity contribution in [3.8, 4) is 0 Å². The number of carbonyl (C=O) groups is 5. The van der Waals surface area contributed by atoms with Gasteiger partial charge in [-0.3, -0.25) is 19.2 Å². The standard InChI is InChI=1S/C26H38N8O6/c27-11-5-4-8-19(24(37)33-20(26(39)40)9-10-22(29)35)32-25(38)21(13-17-14-30-15-31-17)34-23(36)18(28)12-16-6-2-1-3-7-16/h1-3,6-7,14-15,18-21H,4-5,8-13,27-28H2,(H2,29,35)(H,30,31)(H,32,38)(H,33,37)(H,34,36)(H,39,40). The van der Waals surface area contributed by atoms with Crippen LogP contribution in [-0.4, -0.2) is 75.4 Å². The molecule has 218 valence electrons. The monoisotopic (exact) mass is 558 g/mol. The van der Waals surface area contributed by atoms with Crippen molar-refractivity contribution in [1.82, 2.24) is 25.9 Å². The molecule has 0 aliphatic carbocycles. The van der Waals surface area contributed by atoms with Crippen LogP contribution in [-0.2, 0) is 36.8 Å². The maximum absolute atomic E-state index is 13.4. The molecule has 2 rings (SSSR count). The molecule has 14 heteroatoms. The van der Waals surface area contributed by atoms with E-state index >= 15 is 0 Å². The number of hydrogen-bond acceptors (Lipinski definition) is 8. The number of carboxylic acids is 1. The van der Waals surface area contributed by atoms with Crippen LogP contribution in [0.15, 0.2) is 42.9 Å². The molecular formula is C26H38N8O6. The van der Waals surface area contributed by atoms with Gasteiger partial charge in [0.15, 0.2) is 0 Å². The fourth-order valence-electron chi connectivity index (χ4n) is 3.92. The highest BCUT2D eigenvalue weighted by Gasteiger charge is 2.30. The second-order valence-electron chi connectivity index (χ2n) is 9.39. The average molecular weight is 559 g/mol. The number of aromatic amines is 1. The lowest BCUT2D eigenvalue weighted by atomic mass is 10.0. The number of aromatic nitrogens is 2. The third-order valence-corrected chi connectivity index (χ3v) is 6.12. The first-order valence-electron chi connectivity index (χ1n) is 13.0. The van der Waals surface area contributed by atoms with Crippen molar-refractivity contribution in [3.05, 3.63) is 54.1 Å². The summed E-state index contributed by atoms with van der Waals surface area (Å²) < 4.78 is 0. The van der Waals surface area contributed by atoms with Gasteiger partial charge in [-0.15, -0.1) is 0 Å². The molecule has 0 spiro atoms. The topological polar surface area (TPSA) is 248 Å². The lowest BCUT2D eigenvalue weighted by Crippen LogP contribution is -2.57. The van der Waals surface area contributed by atoms with Crippen LogP contribution in [0.25, 0.3) is 0 Å². The summed E-state index contributed by atoms with van der Waals surface area (Å²) in [6, 6.07) is 4.59. The first-order chi connectivity index (χ1) is 19.1. The van der Waals surface area contributed by atoms with E-state index in [9.17, 15) is 29.1 Å². The number of nitrogens with two attached hydrogens (primary N) is 3. The van der Waals surface area contributed by atoms with E-state index in [1.807, 2.05) is 30.3 Å². The third-order valence-electron chi connectivity index (χ3n) is 6.12. The van der Waals surface area contributed by atoms with Crippen molar-refractivity contribution in [2.45, 2.75) is 69.1 Å². The van der Waals surface area contributed by atoms with Crippen molar-refractivity contribution in [2.24, 2.45) is 17.2 Å². The Bertz CT molecular complexity index is 1110. The van der Waals surface area contributed by atoms with Gasteiger partial charge in [-0.05, 0) is 44.2 Å². The van der Waals surface area contributed by atoms with Crippen LogP contribution < -0.4 is 33.2 Å². The molecule has 2 aromatic rings. The van der Waals surface area contributed by atoms with Crippen LogP contribution in [0.4, 0.5) is 0 Å². The number of unbranched alkanes of at least 4 members (excludes halogenated alkanes) is 1. The number of nitrogens with one attached hydrogen (secondary N) is 4. The summed E-state index contributed by atoms with van der Waals surface area (Å²) in [6.07, 6.45) is 3.93. The van der Waals surface area contributed by atoms with Gasteiger partial charge in [0.1, 0.15) is 18.1 Å². The van der Waals surface area contributed by atoms with Crippen molar-refractivity contribution in [3.63, 3.8) is 0 Å². The summed E-state index contributed by atoms with van der Waals surface area (Å²) in [5, 5.41) is 17.1. The molecule has 0 fully saturated rings. The van der Waals surface area contributed by atoms with Gasteiger partial charge in [-0.2, -0.15) is 0 Å². The predicted molar refractivity (Wildman–Crippen MR) is 145 cm³/mol. The lowest BCUT2D eigenvalue weighted by Gasteiger charge is -2.25. The van der Waals surface area contributed by atoms with Crippen LogP contribution >= 0.6 is 0 Å². The molecule has 0 radical (unpaired) electrons. The van der Waals surface area contributed by atoms with E-state index < -0.39 is 53.8 Å². The molecule has 1 aromatic heterocycles. The van der Waals surface area contributed by atoms with E-state index in [0.29, 0.717) is 25.1 Å². The Morgan fingerprint density at radius 3 is 2.12 bits per heavy atom. The van der Waals surface area contributed by atoms with Crippen LogP contribution in [0.5, 0.6) is 0 Å². The van der Waals surface area contributed by atoms with Gasteiger partial charge < -0.3 is 43.2 Å². The minimum absolute atomic E-state index is 0.0309. The van der Waals surface area contributed by atoms with Crippen LogP contribution in [0.2, 0.25) is 0 Å². The Balaban J connectivity index is 2.17. The molecule has 0 saturated heterocycles. The fraction of sp³-hybridized carbons (Fsp3) is 0.462. The van der Waals surface area contributed by atoms with Crippen LogP contribution in [0.1, 0.15) is 43.4 Å².